The topological polar surface area (TPSA) is 73.8 Å². The van der Waals surface area contributed by atoms with Crippen molar-refractivity contribution in [2.75, 3.05) is 25.7 Å². The van der Waals surface area contributed by atoms with Gasteiger partial charge in [-0.15, -0.1) is 0 Å². The maximum Gasteiger partial charge on any atom is 0.267 e. The normalized spacial score (nSPS) is 10.6. The van der Waals surface area contributed by atoms with E-state index in [0.717, 1.165) is 27.4 Å². The third kappa shape index (κ3) is 4.92. The number of carbonyl (C=O) groups excluding carboxylic acids is 1. The van der Waals surface area contributed by atoms with E-state index in [4.69, 9.17) is 14.2 Å². The molecule has 0 saturated carbocycles. The smallest absolute Gasteiger partial charge is 0.267 e. The van der Waals surface area contributed by atoms with E-state index in [0.29, 0.717) is 17.4 Å². The van der Waals surface area contributed by atoms with Crippen LogP contribution in [0.15, 0.2) is 66.9 Å². The fourth-order valence-electron chi connectivity index (χ4n) is 2.95. The summed E-state index contributed by atoms with van der Waals surface area (Å²) in [6.45, 7) is 0.168. The van der Waals surface area contributed by atoms with Crippen molar-refractivity contribution in [1.82, 2.24) is 9.97 Å². The number of hydrogen-bond donors (Lipinski definition) is 0. The predicted molar refractivity (Wildman–Crippen MR) is 120 cm³/mol. The summed E-state index contributed by atoms with van der Waals surface area (Å²) in [5.74, 6) is 1.84. The molecular weight excluding hydrogens is 414 g/mol. The fourth-order valence-corrected chi connectivity index (χ4v) is 3.96. The van der Waals surface area contributed by atoms with Gasteiger partial charge in [-0.3, -0.25) is 14.7 Å². The van der Waals surface area contributed by atoms with Gasteiger partial charge in [-0.25, -0.2) is 4.98 Å². The van der Waals surface area contributed by atoms with Gasteiger partial charge >= 0.3 is 0 Å². The van der Waals surface area contributed by atoms with E-state index >= 15 is 0 Å². The first-order valence-corrected chi connectivity index (χ1v) is 10.4. The Kier molecular flexibility index (Phi) is 6.28. The number of rotatable bonds is 8. The second-order valence-electron chi connectivity index (χ2n) is 6.60. The molecule has 31 heavy (non-hydrogen) atoms. The summed E-state index contributed by atoms with van der Waals surface area (Å²) in [7, 11) is 3.22. The molecule has 2 aromatic carbocycles. The molecule has 2 aromatic heterocycles. The number of benzene rings is 2. The largest absolute Gasteiger partial charge is 0.497 e. The van der Waals surface area contributed by atoms with E-state index in [1.165, 1.54) is 11.3 Å². The molecule has 0 N–H and O–H groups in total. The average molecular weight is 436 g/mol. The van der Waals surface area contributed by atoms with E-state index in [9.17, 15) is 4.79 Å². The van der Waals surface area contributed by atoms with Gasteiger partial charge < -0.3 is 14.2 Å². The average Bonchev–Trinajstić information content (AvgIpc) is 3.25. The summed E-state index contributed by atoms with van der Waals surface area (Å²) >= 11 is 1.42. The van der Waals surface area contributed by atoms with Crippen LogP contribution in [0, 0.1) is 0 Å². The van der Waals surface area contributed by atoms with Crippen molar-refractivity contribution in [3.05, 3.63) is 72.6 Å². The number of aromatic nitrogens is 2. The lowest BCUT2D eigenvalue weighted by Crippen LogP contribution is -2.34. The number of hydrogen-bond acceptors (Lipinski definition) is 7. The molecule has 0 fully saturated rings. The standard InChI is InChI=1S/C23H21N3O4S/c1-28-17-6-8-18(9-7-17)30-15-22(27)26(14-16-5-3-4-12-24-16)23-25-20-11-10-19(29-2)13-21(20)31-23/h3-13H,14-15H2,1-2H3. The molecule has 0 aliphatic heterocycles. The van der Waals surface area contributed by atoms with Crippen LogP contribution in [0.1, 0.15) is 5.69 Å². The van der Waals surface area contributed by atoms with E-state index in [-0.39, 0.29) is 12.5 Å². The molecule has 7 nitrogen and oxygen atoms in total. The first-order valence-electron chi connectivity index (χ1n) is 9.58. The zero-order chi connectivity index (χ0) is 21.6. The number of ether oxygens (including phenoxy) is 3. The van der Waals surface area contributed by atoms with Crippen molar-refractivity contribution in [3.63, 3.8) is 0 Å². The third-order valence-electron chi connectivity index (χ3n) is 4.58. The minimum Gasteiger partial charge on any atom is -0.497 e. The molecular formula is C23H21N3O4S. The SMILES string of the molecule is COc1ccc(OCC(=O)N(Cc2ccccn2)c2nc3ccc(OC)cc3s2)cc1. The second-order valence-corrected chi connectivity index (χ2v) is 7.60. The highest BCUT2D eigenvalue weighted by atomic mass is 32.1. The molecule has 0 spiro atoms. The number of nitrogens with zero attached hydrogens (tertiary/aromatic N) is 3. The van der Waals surface area contributed by atoms with Crippen LogP contribution in [-0.2, 0) is 11.3 Å². The number of pyridine rings is 1. The van der Waals surface area contributed by atoms with Crippen LogP contribution in [0.25, 0.3) is 10.2 Å². The molecule has 2 heterocycles. The highest BCUT2D eigenvalue weighted by molar-refractivity contribution is 7.22. The maximum absolute atomic E-state index is 13.1. The Balaban J connectivity index is 1.58. The number of carbonyl (C=O) groups is 1. The number of anilines is 1. The van der Waals surface area contributed by atoms with E-state index in [2.05, 4.69) is 9.97 Å². The molecule has 0 saturated heterocycles. The Bertz CT molecular complexity index is 1160. The Morgan fingerprint density at radius 3 is 2.42 bits per heavy atom. The molecule has 8 heteroatoms. The van der Waals surface area contributed by atoms with E-state index in [1.807, 2.05) is 36.4 Å². The zero-order valence-corrected chi connectivity index (χ0v) is 18.0. The van der Waals surface area contributed by atoms with Gasteiger partial charge in [0.05, 0.1) is 36.7 Å². The molecule has 0 atom stereocenters. The first-order chi connectivity index (χ1) is 15.2. The first kappa shape index (κ1) is 20.6. The molecule has 4 rings (SSSR count). The summed E-state index contributed by atoms with van der Waals surface area (Å²) < 4.78 is 17.1. The minimum absolute atomic E-state index is 0.127. The lowest BCUT2D eigenvalue weighted by atomic mass is 10.3. The fraction of sp³-hybridized carbons (Fsp3) is 0.174. The predicted octanol–water partition coefficient (Wildman–Crippen LogP) is 4.32. The van der Waals surface area contributed by atoms with Crippen molar-refractivity contribution in [3.8, 4) is 17.2 Å². The minimum atomic E-state index is -0.215. The van der Waals surface area contributed by atoms with E-state index < -0.39 is 0 Å². The van der Waals surface area contributed by atoms with Crippen LogP contribution in [0.5, 0.6) is 17.2 Å². The molecule has 0 unspecified atom stereocenters. The van der Waals surface area contributed by atoms with Gasteiger partial charge in [0.25, 0.3) is 5.91 Å². The summed E-state index contributed by atoms with van der Waals surface area (Å²) in [5.41, 5.74) is 1.56. The van der Waals surface area contributed by atoms with Crippen molar-refractivity contribution in [2.24, 2.45) is 0 Å². The van der Waals surface area contributed by atoms with Gasteiger partial charge in [0, 0.05) is 6.20 Å². The van der Waals surface area contributed by atoms with Gasteiger partial charge in [-0.1, -0.05) is 17.4 Å². The van der Waals surface area contributed by atoms with Crippen molar-refractivity contribution in [2.45, 2.75) is 6.54 Å². The third-order valence-corrected chi connectivity index (χ3v) is 5.63. The lowest BCUT2D eigenvalue weighted by Gasteiger charge is -2.19. The van der Waals surface area contributed by atoms with Crippen molar-refractivity contribution < 1.29 is 19.0 Å². The molecule has 0 bridgehead atoms. The Labute approximate surface area is 183 Å². The van der Waals surface area contributed by atoms with Gasteiger partial charge in [0.1, 0.15) is 17.2 Å². The summed E-state index contributed by atoms with van der Waals surface area (Å²) in [4.78, 5) is 23.7. The number of methoxy groups -OCH3 is 2. The molecule has 0 aliphatic rings. The Morgan fingerprint density at radius 1 is 0.968 bits per heavy atom. The zero-order valence-electron chi connectivity index (χ0n) is 17.1. The summed E-state index contributed by atoms with van der Waals surface area (Å²) in [5, 5.41) is 0.581. The lowest BCUT2D eigenvalue weighted by molar-refractivity contribution is -0.120. The van der Waals surface area contributed by atoms with E-state index in [1.54, 1.807) is 49.6 Å². The Hall–Kier alpha value is -3.65. The van der Waals surface area contributed by atoms with Crippen LogP contribution in [-0.4, -0.2) is 36.7 Å². The van der Waals surface area contributed by atoms with Crippen LogP contribution in [0.2, 0.25) is 0 Å². The summed E-state index contributed by atoms with van der Waals surface area (Å²) in [6, 6.07) is 18.3. The molecule has 1 amide bonds. The number of fused-ring (bicyclic) bond motifs is 1. The van der Waals surface area contributed by atoms with Crippen LogP contribution in [0.4, 0.5) is 5.13 Å². The molecule has 0 radical (unpaired) electrons. The summed E-state index contributed by atoms with van der Waals surface area (Å²) in [6.07, 6.45) is 1.70. The number of thiazole rings is 1. The second kappa shape index (κ2) is 9.44. The van der Waals surface area contributed by atoms with Crippen LogP contribution >= 0.6 is 11.3 Å². The van der Waals surface area contributed by atoms with Gasteiger partial charge in [-0.2, -0.15) is 0 Å². The highest BCUT2D eigenvalue weighted by Gasteiger charge is 2.21. The van der Waals surface area contributed by atoms with Crippen LogP contribution in [0.3, 0.4) is 0 Å². The maximum atomic E-state index is 13.1. The monoisotopic (exact) mass is 435 g/mol. The molecule has 0 aliphatic carbocycles. The molecule has 158 valence electrons. The number of amides is 1. The molecule has 4 aromatic rings. The van der Waals surface area contributed by atoms with Gasteiger partial charge in [0.2, 0.25) is 0 Å². The highest BCUT2D eigenvalue weighted by Crippen LogP contribution is 2.32. The van der Waals surface area contributed by atoms with Crippen molar-refractivity contribution in [1.29, 1.82) is 0 Å². The quantitative estimate of drug-likeness (QED) is 0.410. The van der Waals surface area contributed by atoms with Crippen LogP contribution < -0.4 is 19.1 Å². The Morgan fingerprint density at radius 2 is 1.71 bits per heavy atom. The van der Waals surface area contributed by atoms with Gasteiger partial charge in [0.15, 0.2) is 11.7 Å². The van der Waals surface area contributed by atoms with Crippen molar-refractivity contribution >= 4 is 32.6 Å². The van der Waals surface area contributed by atoms with Gasteiger partial charge in [-0.05, 0) is 54.6 Å².